The number of carbonyl (C=O) groups excluding carboxylic acids is 2. The van der Waals surface area contributed by atoms with Crippen molar-refractivity contribution in [2.24, 2.45) is 0 Å². The van der Waals surface area contributed by atoms with Gasteiger partial charge in [0, 0.05) is 43.0 Å². The smallest absolute Gasteiger partial charge is 0.391 e. The maximum atomic E-state index is 12.7. The highest BCUT2D eigenvalue weighted by Crippen LogP contribution is 2.23. The second-order valence-corrected chi connectivity index (χ2v) is 9.42. The fraction of sp³-hybridized carbons (Fsp3) is 0.345. The molecule has 4 rings (SSSR count). The van der Waals surface area contributed by atoms with Crippen LogP contribution in [-0.4, -0.2) is 47.6 Å². The maximum Gasteiger partial charge on any atom is 0.420 e. The van der Waals surface area contributed by atoms with E-state index in [0.29, 0.717) is 29.0 Å². The van der Waals surface area contributed by atoms with Gasteiger partial charge in [-0.1, -0.05) is 36.8 Å². The van der Waals surface area contributed by atoms with Gasteiger partial charge in [-0.2, -0.15) is 0 Å². The van der Waals surface area contributed by atoms with Crippen molar-refractivity contribution in [3.63, 3.8) is 0 Å². The fourth-order valence-electron chi connectivity index (χ4n) is 4.63. The zero-order chi connectivity index (χ0) is 25.5. The molecule has 3 aromatic rings. The van der Waals surface area contributed by atoms with Gasteiger partial charge in [-0.25, -0.2) is 9.78 Å². The van der Waals surface area contributed by atoms with Gasteiger partial charge in [0.1, 0.15) is 0 Å². The van der Waals surface area contributed by atoms with Gasteiger partial charge in [0.25, 0.3) is 5.91 Å². The lowest BCUT2D eigenvalue weighted by molar-refractivity contribution is 0.102. The summed E-state index contributed by atoms with van der Waals surface area (Å²) in [5, 5.41) is 2.84. The SMILES string of the molecule is CC1CCCC(C)N1CCc1ccc(C(=O)Nc2ccc(OC(=O)N(C)c3ccccc3)nc2)cc1. The Labute approximate surface area is 213 Å². The third kappa shape index (κ3) is 6.49. The highest BCUT2D eigenvalue weighted by atomic mass is 16.6. The molecule has 7 heteroatoms. The van der Waals surface area contributed by atoms with Crippen LogP contribution in [0.3, 0.4) is 0 Å². The molecule has 0 saturated carbocycles. The van der Waals surface area contributed by atoms with Crippen LogP contribution in [0.1, 0.15) is 49.0 Å². The first-order valence-corrected chi connectivity index (χ1v) is 12.5. The summed E-state index contributed by atoms with van der Waals surface area (Å²) in [6.45, 7) is 5.67. The van der Waals surface area contributed by atoms with Crippen LogP contribution in [0, 0.1) is 0 Å². The van der Waals surface area contributed by atoms with Crippen molar-refractivity contribution in [1.82, 2.24) is 9.88 Å². The topological polar surface area (TPSA) is 74.8 Å². The minimum atomic E-state index is -0.547. The van der Waals surface area contributed by atoms with Crippen LogP contribution in [0.5, 0.6) is 5.88 Å². The minimum absolute atomic E-state index is 0.155. The largest absolute Gasteiger partial charge is 0.420 e. The first kappa shape index (κ1) is 25.4. The van der Waals surface area contributed by atoms with Crippen molar-refractivity contribution >= 4 is 23.4 Å². The third-order valence-corrected chi connectivity index (χ3v) is 6.85. The molecule has 1 fully saturated rings. The second kappa shape index (κ2) is 11.8. The molecular formula is C29H34N4O3. The molecule has 0 radical (unpaired) electrons. The van der Waals surface area contributed by atoms with Gasteiger partial charge in [-0.3, -0.25) is 14.6 Å². The number of benzene rings is 2. The van der Waals surface area contributed by atoms with Crippen molar-refractivity contribution < 1.29 is 14.3 Å². The predicted octanol–water partition coefficient (Wildman–Crippen LogP) is 5.77. The normalized spacial score (nSPS) is 17.9. The Kier molecular flexibility index (Phi) is 8.33. The molecule has 36 heavy (non-hydrogen) atoms. The number of ether oxygens (including phenoxy) is 1. The molecule has 0 spiro atoms. The summed E-state index contributed by atoms with van der Waals surface area (Å²) in [6, 6.07) is 21.4. The Morgan fingerprint density at radius 3 is 2.33 bits per heavy atom. The zero-order valence-corrected chi connectivity index (χ0v) is 21.2. The number of piperidine rings is 1. The Hall–Kier alpha value is -3.71. The Morgan fingerprint density at radius 2 is 1.69 bits per heavy atom. The molecule has 2 heterocycles. The number of carbonyl (C=O) groups is 2. The lowest BCUT2D eigenvalue weighted by atomic mass is 9.96. The molecule has 2 amide bonds. The van der Waals surface area contributed by atoms with Crippen LogP contribution in [0.4, 0.5) is 16.2 Å². The molecule has 1 saturated heterocycles. The summed E-state index contributed by atoms with van der Waals surface area (Å²) in [5.41, 5.74) is 3.05. The van der Waals surface area contributed by atoms with Crippen LogP contribution >= 0.6 is 0 Å². The van der Waals surface area contributed by atoms with Gasteiger partial charge in [0.15, 0.2) is 0 Å². The van der Waals surface area contributed by atoms with E-state index in [1.807, 2.05) is 54.6 Å². The summed E-state index contributed by atoms with van der Waals surface area (Å²) < 4.78 is 5.33. The van der Waals surface area contributed by atoms with Crippen molar-refractivity contribution in [2.45, 2.75) is 51.6 Å². The van der Waals surface area contributed by atoms with E-state index in [2.05, 4.69) is 29.0 Å². The van der Waals surface area contributed by atoms with Crippen LogP contribution < -0.4 is 15.0 Å². The summed E-state index contributed by atoms with van der Waals surface area (Å²) in [5.74, 6) is -0.0577. The number of hydrogen-bond donors (Lipinski definition) is 1. The predicted molar refractivity (Wildman–Crippen MR) is 143 cm³/mol. The van der Waals surface area contributed by atoms with E-state index in [1.54, 1.807) is 19.2 Å². The van der Waals surface area contributed by atoms with E-state index in [-0.39, 0.29) is 11.8 Å². The standard InChI is InChI=1S/C29H34N4O3/c1-21-8-7-9-22(2)33(21)19-18-23-12-14-24(15-13-23)28(34)31-25-16-17-27(30-20-25)36-29(35)32(3)26-10-5-4-6-11-26/h4-6,10-17,20-22H,7-9,18-19H2,1-3H3,(H,31,34). The minimum Gasteiger partial charge on any atom is -0.391 e. The number of rotatable bonds is 7. The number of likely N-dealkylation sites (tertiary alicyclic amines) is 1. The van der Waals surface area contributed by atoms with E-state index < -0.39 is 6.09 Å². The second-order valence-electron chi connectivity index (χ2n) is 9.42. The van der Waals surface area contributed by atoms with E-state index in [4.69, 9.17) is 4.74 Å². The van der Waals surface area contributed by atoms with Gasteiger partial charge in [-0.15, -0.1) is 0 Å². The monoisotopic (exact) mass is 486 g/mol. The first-order chi connectivity index (χ1) is 17.4. The number of anilines is 2. The van der Waals surface area contributed by atoms with Gasteiger partial charge in [0.05, 0.1) is 11.9 Å². The number of para-hydroxylation sites is 1. The van der Waals surface area contributed by atoms with E-state index in [1.165, 1.54) is 35.9 Å². The number of nitrogens with one attached hydrogen (secondary N) is 1. The Balaban J connectivity index is 1.28. The molecule has 7 nitrogen and oxygen atoms in total. The Morgan fingerprint density at radius 1 is 1.00 bits per heavy atom. The maximum absolute atomic E-state index is 12.7. The third-order valence-electron chi connectivity index (χ3n) is 6.85. The van der Waals surface area contributed by atoms with Crippen molar-refractivity contribution in [1.29, 1.82) is 0 Å². The quantitative estimate of drug-likeness (QED) is 0.459. The van der Waals surface area contributed by atoms with Crippen molar-refractivity contribution in [3.05, 3.63) is 84.1 Å². The zero-order valence-electron chi connectivity index (χ0n) is 21.2. The van der Waals surface area contributed by atoms with Crippen molar-refractivity contribution in [2.75, 3.05) is 23.8 Å². The van der Waals surface area contributed by atoms with Crippen LogP contribution in [0.15, 0.2) is 72.9 Å². The fourth-order valence-corrected chi connectivity index (χ4v) is 4.63. The van der Waals surface area contributed by atoms with Crippen molar-refractivity contribution in [3.8, 4) is 5.88 Å². The molecular weight excluding hydrogens is 452 g/mol. The molecule has 0 bridgehead atoms. The van der Waals surface area contributed by atoms with Gasteiger partial charge in [-0.05, 0) is 69.0 Å². The van der Waals surface area contributed by atoms with E-state index in [9.17, 15) is 9.59 Å². The van der Waals surface area contributed by atoms with Crippen LogP contribution in [0.2, 0.25) is 0 Å². The summed E-state index contributed by atoms with van der Waals surface area (Å²) in [6.07, 6.45) is 5.75. The molecule has 2 atom stereocenters. The number of nitrogens with zero attached hydrogens (tertiary/aromatic N) is 3. The number of aromatic nitrogens is 1. The highest BCUT2D eigenvalue weighted by molar-refractivity contribution is 6.04. The first-order valence-electron chi connectivity index (χ1n) is 12.5. The molecule has 188 valence electrons. The number of hydrogen-bond acceptors (Lipinski definition) is 5. The van der Waals surface area contributed by atoms with E-state index >= 15 is 0 Å². The molecule has 2 aromatic carbocycles. The van der Waals surface area contributed by atoms with Gasteiger partial charge < -0.3 is 10.1 Å². The van der Waals surface area contributed by atoms with Gasteiger partial charge >= 0.3 is 6.09 Å². The highest BCUT2D eigenvalue weighted by Gasteiger charge is 2.24. The molecule has 1 aliphatic rings. The summed E-state index contributed by atoms with van der Waals surface area (Å²) >= 11 is 0. The lowest BCUT2D eigenvalue weighted by Gasteiger charge is -2.39. The number of pyridine rings is 1. The number of amides is 2. The molecule has 2 unspecified atom stereocenters. The average Bonchev–Trinajstić information content (AvgIpc) is 2.90. The Bertz CT molecular complexity index is 1140. The molecule has 1 N–H and O–H groups in total. The molecule has 1 aromatic heterocycles. The van der Waals surface area contributed by atoms with Gasteiger partial charge in [0.2, 0.25) is 5.88 Å². The summed E-state index contributed by atoms with van der Waals surface area (Å²) in [4.78, 5) is 33.2. The molecule has 0 aliphatic carbocycles. The van der Waals surface area contributed by atoms with E-state index in [0.717, 1.165) is 13.0 Å². The average molecular weight is 487 g/mol. The summed E-state index contributed by atoms with van der Waals surface area (Å²) in [7, 11) is 1.63. The lowest BCUT2D eigenvalue weighted by Crippen LogP contribution is -2.44. The van der Waals surface area contributed by atoms with Crippen LogP contribution in [-0.2, 0) is 6.42 Å². The molecule has 1 aliphatic heterocycles. The van der Waals surface area contributed by atoms with Crippen LogP contribution in [0.25, 0.3) is 0 Å².